The maximum Gasteiger partial charge on any atom is 0.303 e. The van der Waals surface area contributed by atoms with E-state index in [0.29, 0.717) is 35.8 Å². The number of aliphatic hydroxyl groups excluding tert-OH is 1. The quantitative estimate of drug-likeness (QED) is 0.415. The predicted octanol–water partition coefficient (Wildman–Crippen LogP) is 4.76. The van der Waals surface area contributed by atoms with Crippen LogP contribution in [0.3, 0.4) is 0 Å². The highest BCUT2D eigenvalue weighted by Crippen LogP contribution is 2.50. The summed E-state index contributed by atoms with van der Waals surface area (Å²) in [7, 11) is 0. The van der Waals surface area contributed by atoms with Crippen LogP contribution in [0.5, 0.6) is 5.75 Å². The molecule has 1 unspecified atom stereocenters. The van der Waals surface area contributed by atoms with Crippen molar-refractivity contribution in [1.29, 1.82) is 0 Å². The van der Waals surface area contributed by atoms with E-state index in [2.05, 4.69) is 30.4 Å². The molecule has 1 aromatic carbocycles. The molecular weight excluding hydrogens is 371 g/mol. The number of carboxylic acid groups (broad SMARTS) is 1. The van der Waals surface area contributed by atoms with Gasteiger partial charge in [-0.3, -0.25) is 4.79 Å². The highest BCUT2D eigenvalue weighted by Gasteiger charge is 2.42. The number of unbranched alkanes of at least 4 members (excludes halogenated alkanes) is 1. The molecule has 0 aromatic heterocycles. The van der Waals surface area contributed by atoms with Gasteiger partial charge in [0.1, 0.15) is 24.3 Å². The molecule has 5 heteroatoms. The first kappa shape index (κ1) is 21.3. The lowest BCUT2D eigenvalue weighted by Gasteiger charge is -2.25. The van der Waals surface area contributed by atoms with Gasteiger partial charge in [-0.05, 0) is 73.6 Å². The maximum absolute atomic E-state index is 12.9. The molecular formula is C24H29FO4. The molecule has 29 heavy (non-hydrogen) atoms. The fraction of sp³-hybridized carbons (Fsp3) is 0.458. The number of carbonyl (C=O) groups is 1. The van der Waals surface area contributed by atoms with E-state index in [0.717, 1.165) is 19.3 Å². The summed E-state index contributed by atoms with van der Waals surface area (Å²) in [6.07, 6.45) is 15.9. The van der Waals surface area contributed by atoms with Gasteiger partial charge in [0, 0.05) is 6.42 Å². The lowest BCUT2D eigenvalue weighted by Crippen LogP contribution is -2.19. The van der Waals surface area contributed by atoms with Crippen LogP contribution in [-0.2, 0) is 4.79 Å². The molecule has 2 aliphatic carbocycles. The molecule has 0 heterocycles. The molecule has 1 saturated carbocycles. The lowest BCUT2D eigenvalue weighted by atomic mass is 9.80. The average molecular weight is 400 g/mol. The van der Waals surface area contributed by atoms with Gasteiger partial charge in [0.05, 0.1) is 0 Å². The molecule has 0 spiro atoms. The fourth-order valence-corrected chi connectivity index (χ4v) is 4.35. The van der Waals surface area contributed by atoms with Crippen molar-refractivity contribution in [3.05, 3.63) is 66.5 Å². The zero-order chi connectivity index (χ0) is 20.6. The summed E-state index contributed by atoms with van der Waals surface area (Å²) < 4.78 is 18.4. The Bertz CT molecular complexity index is 753. The van der Waals surface area contributed by atoms with Crippen LogP contribution < -0.4 is 4.74 Å². The van der Waals surface area contributed by atoms with Crippen molar-refractivity contribution in [3.8, 4) is 5.75 Å². The Hall–Kier alpha value is -2.40. The van der Waals surface area contributed by atoms with Gasteiger partial charge in [-0.15, -0.1) is 0 Å². The number of halogens is 1. The Morgan fingerprint density at radius 1 is 1.21 bits per heavy atom. The van der Waals surface area contributed by atoms with Crippen molar-refractivity contribution in [3.63, 3.8) is 0 Å². The van der Waals surface area contributed by atoms with Gasteiger partial charge >= 0.3 is 5.97 Å². The Balaban J connectivity index is 1.47. The Morgan fingerprint density at radius 2 is 1.97 bits per heavy atom. The number of aliphatic carboxylic acids is 1. The fourth-order valence-electron chi connectivity index (χ4n) is 4.35. The van der Waals surface area contributed by atoms with E-state index < -0.39 is 12.1 Å². The number of benzene rings is 1. The molecule has 1 fully saturated rings. The second-order valence-corrected chi connectivity index (χ2v) is 7.90. The number of hydrogen-bond donors (Lipinski definition) is 2. The minimum Gasteiger partial charge on any atom is -0.491 e. The molecule has 0 saturated heterocycles. The first-order valence-corrected chi connectivity index (χ1v) is 10.3. The zero-order valence-corrected chi connectivity index (χ0v) is 16.5. The van der Waals surface area contributed by atoms with Gasteiger partial charge in [-0.1, -0.05) is 36.5 Å². The zero-order valence-electron chi connectivity index (χ0n) is 16.5. The van der Waals surface area contributed by atoms with Crippen molar-refractivity contribution in [2.45, 2.75) is 38.2 Å². The van der Waals surface area contributed by atoms with E-state index in [1.165, 1.54) is 12.1 Å². The molecule has 1 aromatic rings. The Kier molecular flexibility index (Phi) is 7.64. The third-order valence-electron chi connectivity index (χ3n) is 5.81. The summed E-state index contributed by atoms with van der Waals surface area (Å²) in [4.78, 5) is 10.6. The molecule has 5 atom stereocenters. The van der Waals surface area contributed by atoms with E-state index in [-0.39, 0.29) is 18.8 Å². The van der Waals surface area contributed by atoms with Crippen molar-refractivity contribution < 1.29 is 24.1 Å². The number of fused-ring (bicyclic) bond motifs is 2. The van der Waals surface area contributed by atoms with Gasteiger partial charge in [-0.25, -0.2) is 4.39 Å². The highest BCUT2D eigenvalue weighted by molar-refractivity contribution is 5.66. The number of ether oxygens (including phenoxy) is 1. The number of allylic oxidation sites excluding steroid dienone is 5. The number of carboxylic acids is 1. The van der Waals surface area contributed by atoms with Gasteiger partial charge in [0.15, 0.2) is 0 Å². The minimum absolute atomic E-state index is 0.132. The topological polar surface area (TPSA) is 66.8 Å². The molecule has 3 rings (SSSR count). The van der Waals surface area contributed by atoms with Crippen molar-refractivity contribution in [2.75, 3.05) is 6.61 Å². The number of hydrogen-bond acceptors (Lipinski definition) is 3. The molecule has 4 nitrogen and oxygen atoms in total. The SMILES string of the molecule is O=C(O)CCCC=CC[C@@H]1C(C=C[C@@H](O)COc2ccc(F)cc2)[C@@H]2C=C[C@H]1C2. The summed E-state index contributed by atoms with van der Waals surface area (Å²) in [5, 5.41) is 18.9. The molecule has 2 N–H and O–H groups in total. The van der Waals surface area contributed by atoms with Crippen LogP contribution in [0.4, 0.5) is 4.39 Å². The third-order valence-corrected chi connectivity index (χ3v) is 5.81. The molecule has 0 aliphatic heterocycles. The van der Waals surface area contributed by atoms with Gasteiger partial charge in [-0.2, -0.15) is 0 Å². The summed E-state index contributed by atoms with van der Waals surface area (Å²) in [6.45, 7) is 0.132. The van der Waals surface area contributed by atoms with E-state index in [9.17, 15) is 14.3 Å². The monoisotopic (exact) mass is 400 g/mol. The van der Waals surface area contributed by atoms with Crippen molar-refractivity contribution in [1.82, 2.24) is 0 Å². The van der Waals surface area contributed by atoms with Gasteiger partial charge in [0.25, 0.3) is 0 Å². The first-order chi connectivity index (χ1) is 14.0. The van der Waals surface area contributed by atoms with Crippen LogP contribution >= 0.6 is 0 Å². The molecule has 0 radical (unpaired) electrons. The van der Waals surface area contributed by atoms with E-state index in [1.54, 1.807) is 12.1 Å². The molecule has 0 amide bonds. The molecule has 156 valence electrons. The van der Waals surface area contributed by atoms with Crippen LogP contribution in [0, 0.1) is 29.5 Å². The van der Waals surface area contributed by atoms with Gasteiger partial charge < -0.3 is 14.9 Å². The molecule has 2 aliphatic rings. The normalized spacial score (nSPS) is 26.6. The first-order valence-electron chi connectivity index (χ1n) is 10.3. The predicted molar refractivity (Wildman–Crippen MR) is 110 cm³/mol. The Morgan fingerprint density at radius 3 is 2.72 bits per heavy atom. The minimum atomic E-state index is -0.746. The second-order valence-electron chi connectivity index (χ2n) is 7.90. The van der Waals surface area contributed by atoms with E-state index >= 15 is 0 Å². The maximum atomic E-state index is 12.9. The third kappa shape index (κ3) is 6.29. The molecule has 2 bridgehead atoms. The van der Waals surface area contributed by atoms with Crippen LogP contribution in [0.2, 0.25) is 0 Å². The summed E-state index contributed by atoms with van der Waals surface area (Å²) in [5.74, 6) is 1.48. The standard InChI is InChI=1S/C24H29FO4/c25-19-9-12-21(13-10-19)29-16-20(26)11-14-23-18-8-7-17(15-18)22(23)5-3-1-2-4-6-24(27)28/h1,3,7-14,17-18,20,22-23,26H,2,4-6,15-16H2,(H,27,28)/t17-,18+,20+,22-,23?/m0/s1. The lowest BCUT2D eigenvalue weighted by molar-refractivity contribution is -0.137. The van der Waals surface area contributed by atoms with Gasteiger partial charge in [0.2, 0.25) is 0 Å². The number of rotatable bonds is 11. The summed E-state index contributed by atoms with van der Waals surface area (Å²) >= 11 is 0. The highest BCUT2D eigenvalue weighted by atomic mass is 19.1. The summed E-state index contributed by atoms with van der Waals surface area (Å²) in [5.41, 5.74) is 0. The van der Waals surface area contributed by atoms with Crippen molar-refractivity contribution in [2.24, 2.45) is 23.7 Å². The smallest absolute Gasteiger partial charge is 0.303 e. The van der Waals surface area contributed by atoms with Crippen molar-refractivity contribution >= 4 is 5.97 Å². The average Bonchev–Trinajstić information content (AvgIpc) is 3.30. The Labute approximate surface area is 171 Å². The number of aliphatic hydroxyl groups is 1. The van der Waals surface area contributed by atoms with Crippen LogP contribution in [0.15, 0.2) is 60.7 Å². The van der Waals surface area contributed by atoms with E-state index in [1.807, 2.05) is 6.08 Å². The summed E-state index contributed by atoms with van der Waals surface area (Å²) in [6, 6.07) is 5.76. The van der Waals surface area contributed by atoms with Crippen LogP contribution in [0.25, 0.3) is 0 Å². The largest absolute Gasteiger partial charge is 0.491 e. The second kappa shape index (κ2) is 10.4. The van der Waals surface area contributed by atoms with Crippen LogP contribution in [-0.4, -0.2) is 28.9 Å². The van der Waals surface area contributed by atoms with E-state index in [4.69, 9.17) is 9.84 Å². The van der Waals surface area contributed by atoms with Crippen LogP contribution in [0.1, 0.15) is 32.1 Å².